The summed E-state index contributed by atoms with van der Waals surface area (Å²) in [5, 5.41) is 0.447. The van der Waals surface area contributed by atoms with Crippen molar-refractivity contribution in [3.05, 3.63) is 24.3 Å². The Hall–Kier alpha value is -2.28. The van der Waals surface area contributed by atoms with Gasteiger partial charge < -0.3 is 19.8 Å². The normalized spacial score (nSPS) is 12.3. The van der Waals surface area contributed by atoms with E-state index in [1.54, 1.807) is 0 Å². The minimum atomic E-state index is -5.04. The molecule has 10 nitrogen and oxygen atoms in total. The van der Waals surface area contributed by atoms with Gasteiger partial charge in [0.05, 0.1) is 5.69 Å². The molecule has 0 bridgehead atoms. The Bertz CT molecular complexity index is 953. The molecule has 22 heavy (non-hydrogen) atoms. The van der Waals surface area contributed by atoms with E-state index in [2.05, 4.69) is 8.37 Å². The largest absolute Gasteiger partial charge is 0.446 e. The molecule has 0 radical (unpaired) electrons. The van der Waals surface area contributed by atoms with Gasteiger partial charge in [-0.2, -0.15) is 16.8 Å². The summed E-state index contributed by atoms with van der Waals surface area (Å²) in [6.45, 7) is 0. The standard InChI is InChI=1S/C10H10N2O8S2/c11-6-3-1-2-5-4-7(19-21(13,14)15)10(9(12)8(5)6)20-22(16,17)18/h1-4H,11-12H2,(H,13,14,15)(H,16,17,18). The lowest BCUT2D eigenvalue weighted by atomic mass is 10.1. The summed E-state index contributed by atoms with van der Waals surface area (Å²) in [4.78, 5) is 0. The van der Waals surface area contributed by atoms with Gasteiger partial charge in [-0.25, -0.2) is 0 Å². The van der Waals surface area contributed by atoms with E-state index in [1.165, 1.54) is 18.2 Å². The molecule has 2 aromatic carbocycles. The van der Waals surface area contributed by atoms with Crippen LogP contribution in [0.1, 0.15) is 0 Å². The molecular weight excluding hydrogens is 340 g/mol. The molecule has 12 heteroatoms. The van der Waals surface area contributed by atoms with E-state index in [1.807, 2.05) is 0 Å². The van der Waals surface area contributed by atoms with Gasteiger partial charge in [0.2, 0.25) is 5.75 Å². The van der Waals surface area contributed by atoms with E-state index in [0.717, 1.165) is 6.07 Å². The molecule has 0 aliphatic heterocycles. The van der Waals surface area contributed by atoms with Crippen molar-refractivity contribution in [2.24, 2.45) is 0 Å². The van der Waals surface area contributed by atoms with Crippen LogP contribution in [0.4, 0.5) is 11.4 Å². The minimum Gasteiger partial charge on any atom is -0.398 e. The van der Waals surface area contributed by atoms with Crippen molar-refractivity contribution in [3.63, 3.8) is 0 Å². The number of anilines is 2. The molecule has 0 atom stereocenters. The van der Waals surface area contributed by atoms with Gasteiger partial charge in [-0.05, 0) is 17.5 Å². The van der Waals surface area contributed by atoms with Gasteiger partial charge in [0.25, 0.3) is 0 Å². The molecule has 0 unspecified atom stereocenters. The van der Waals surface area contributed by atoms with Crippen molar-refractivity contribution >= 4 is 42.9 Å². The summed E-state index contributed by atoms with van der Waals surface area (Å²) in [7, 11) is -10.0. The second-order valence-electron chi connectivity index (χ2n) is 4.08. The van der Waals surface area contributed by atoms with Crippen LogP contribution in [0, 0.1) is 0 Å². The third-order valence-electron chi connectivity index (χ3n) is 2.54. The second-order valence-corrected chi connectivity index (χ2v) is 6.13. The van der Waals surface area contributed by atoms with Crippen LogP contribution in [-0.2, 0) is 20.8 Å². The highest BCUT2D eigenvalue weighted by Crippen LogP contribution is 2.43. The maximum Gasteiger partial charge on any atom is 0.446 e. The van der Waals surface area contributed by atoms with Gasteiger partial charge in [-0.3, -0.25) is 9.11 Å². The predicted octanol–water partition coefficient (Wildman–Crippen LogP) is 0.367. The van der Waals surface area contributed by atoms with E-state index >= 15 is 0 Å². The summed E-state index contributed by atoms with van der Waals surface area (Å²) < 4.78 is 69.3. The van der Waals surface area contributed by atoms with E-state index in [-0.39, 0.29) is 11.1 Å². The van der Waals surface area contributed by atoms with E-state index in [0.29, 0.717) is 5.39 Å². The molecule has 2 aromatic rings. The fourth-order valence-electron chi connectivity index (χ4n) is 1.84. The lowest BCUT2D eigenvalue weighted by Crippen LogP contribution is -2.13. The number of nitrogens with two attached hydrogens (primary N) is 2. The van der Waals surface area contributed by atoms with Crippen molar-refractivity contribution in [2.45, 2.75) is 0 Å². The van der Waals surface area contributed by atoms with Crippen LogP contribution in [0.15, 0.2) is 24.3 Å². The summed E-state index contributed by atoms with van der Waals surface area (Å²) >= 11 is 0. The molecule has 120 valence electrons. The topological polar surface area (TPSA) is 179 Å². The predicted molar refractivity (Wildman–Crippen MR) is 77.1 cm³/mol. The smallest absolute Gasteiger partial charge is 0.398 e. The molecule has 0 spiro atoms. The molecule has 0 fully saturated rings. The van der Waals surface area contributed by atoms with Crippen LogP contribution >= 0.6 is 0 Å². The summed E-state index contributed by atoms with van der Waals surface area (Å²) in [6, 6.07) is 5.49. The molecule has 0 aliphatic carbocycles. The first kappa shape index (κ1) is 16.1. The van der Waals surface area contributed by atoms with Crippen LogP contribution in [0.2, 0.25) is 0 Å². The summed E-state index contributed by atoms with van der Waals surface area (Å²) in [6.07, 6.45) is 0. The Morgan fingerprint density at radius 1 is 0.955 bits per heavy atom. The average Bonchev–Trinajstić information content (AvgIpc) is 2.30. The molecule has 0 aromatic heterocycles. The van der Waals surface area contributed by atoms with Crippen molar-refractivity contribution in [1.29, 1.82) is 0 Å². The molecule has 0 saturated carbocycles. The van der Waals surface area contributed by atoms with Gasteiger partial charge in [0, 0.05) is 11.1 Å². The van der Waals surface area contributed by atoms with Crippen LogP contribution < -0.4 is 19.8 Å². The van der Waals surface area contributed by atoms with Crippen molar-refractivity contribution in [1.82, 2.24) is 0 Å². The average molecular weight is 350 g/mol. The van der Waals surface area contributed by atoms with Crippen LogP contribution in [0.25, 0.3) is 10.8 Å². The van der Waals surface area contributed by atoms with E-state index in [4.69, 9.17) is 20.6 Å². The first-order valence-corrected chi connectivity index (χ1v) is 8.15. The lowest BCUT2D eigenvalue weighted by molar-refractivity contribution is 0.362. The SMILES string of the molecule is Nc1cccc2cc(OS(=O)(=O)O)c(OS(=O)(=O)O)c(N)c12. The van der Waals surface area contributed by atoms with E-state index in [9.17, 15) is 16.8 Å². The van der Waals surface area contributed by atoms with Crippen LogP contribution in [-0.4, -0.2) is 25.9 Å². The Morgan fingerprint density at radius 2 is 1.55 bits per heavy atom. The Balaban J connectivity index is 2.83. The second kappa shape index (κ2) is 5.17. The summed E-state index contributed by atoms with van der Waals surface area (Å²) in [5.41, 5.74) is 11.2. The molecule has 0 heterocycles. The zero-order chi connectivity index (χ0) is 16.7. The number of hydrogen-bond donors (Lipinski definition) is 4. The number of fused-ring (bicyclic) bond motifs is 1. The molecule has 0 aliphatic rings. The molecule has 2 rings (SSSR count). The quantitative estimate of drug-likeness (QED) is 0.444. The Morgan fingerprint density at radius 3 is 2.09 bits per heavy atom. The zero-order valence-electron chi connectivity index (χ0n) is 10.6. The fraction of sp³-hybridized carbons (Fsp3) is 0. The minimum absolute atomic E-state index is 0.147. The van der Waals surface area contributed by atoms with Gasteiger partial charge in [0.15, 0.2) is 5.75 Å². The third-order valence-corrected chi connectivity index (χ3v) is 3.30. The molecular formula is C10H10N2O8S2. The van der Waals surface area contributed by atoms with Gasteiger partial charge >= 0.3 is 20.8 Å². The number of benzene rings is 2. The number of hydrogen-bond acceptors (Lipinski definition) is 8. The Labute approximate surface area is 125 Å². The molecule has 0 amide bonds. The first-order chi connectivity index (χ1) is 9.98. The third kappa shape index (κ3) is 3.48. The maximum absolute atomic E-state index is 10.9. The highest BCUT2D eigenvalue weighted by atomic mass is 32.3. The van der Waals surface area contributed by atoms with Crippen molar-refractivity contribution in [2.75, 3.05) is 11.5 Å². The van der Waals surface area contributed by atoms with Gasteiger partial charge in [0.1, 0.15) is 0 Å². The molecule has 0 saturated heterocycles. The van der Waals surface area contributed by atoms with E-state index < -0.39 is 38.0 Å². The van der Waals surface area contributed by atoms with Crippen LogP contribution in [0.3, 0.4) is 0 Å². The first-order valence-electron chi connectivity index (χ1n) is 5.42. The highest BCUT2D eigenvalue weighted by molar-refractivity contribution is 7.81. The summed E-state index contributed by atoms with van der Waals surface area (Å²) in [5.74, 6) is -1.57. The van der Waals surface area contributed by atoms with Gasteiger partial charge in [-0.1, -0.05) is 12.1 Å². The Kier molecular flexibility index (Phi) is 3.78. The number of nitrogen functional groups attached to an aromatic ring is 2. The van der Waals surface area contributed by atoms with Crippen LogP contribution in [0.5, 0.6) is 11.5 Å². The highest BCUT2D eigenvalue weighted by Gasteiger charge is 2.23. The monoisotopic (exact) mass is 350 g/mol. The lowest BCUT2D eigenvalue weighted by Gasteiger charge is -2.14. The zero-order valence-corrected chi connectivity index (χ0v) is 12.3. The van der Waals surface area contributed by atoms with Crippen molar-refractivity contribution < 1.29 is 34.3 Å². The number of rotatable bonds is 4. The molecule has 6 N–H and O–H groups in total. The van der Waals surface area contributed by atoms with Gasteiger partial charge in [-0.15, -0.1) is 0 Å². The maximum atomic E-state index is 10.9. The van der Waals surface area contributed by atoms with Crippen molar-refractivity contribution in [3.8, 4) is 11.5 Å². The fourth-order valence-corrected chi connectivity index (χ4v) is 2.57.